The Morgan fingerprint density at radius 1 is 0.950 bits per heavy atom. The number of hydrogen-bond donors (Lipinski definition) is 0. The van der Waals surface area contributed by atoms with Crippen molar-refractivity contribution in [3.8, 4) is 0 Å². The predicted octanol–water partition coefficient (Wildman–Crippen LogP) is 5.74. The molecule has 5 rings (SSSR count). The maximum atomic E-state index is 13.9. The number of nitro benzene ring substituents is 1. The largest absolute Gasteiger partial charge is 0.269 e. The second-order valence-corrected chi connectivity index (χ2v) is 13.9. The van der Waals surface area contributed by atoms with Crippen LogP contribution in [0.25, 0.3) is 10.9 Å². The number of nitrogens with zero attached hydrogens (tertiary/aromatic N) is 3. The van der Waals surface area contributed by atoms with E-state index in [0.29, 0.717) is 23.9 Å². The number of sulfonamides is 1. The summed E-state index contributed by atoms with van der Waals surface area (Å²) in [6.07, 6.45) is 4.24. The molecule has 0 radical (unpaired) electrons. The van der Waals surface area contributed by atoms with E-state index in [4.69, 9.17) is 0 Å². The van der Waals surface area contributed by atoms with E-state index in [1.807, 2.05) is 32.9 Å². The van der Waals surface area contributed by atoms with Crippen LogP contribution in [-0.2, 0) is 26.5 Å². The summed E-state index contributed by atoms with van der Waals surface area (Å²) in [5.74, 6) is 0. The summed E-state index contributed by atoms with van der Waals surface area (Å²) in [7, 11) is -7.94. The van der Waals surface area contributed by atoms with Gasteiger partial charge in [-0.15, -0.1) is 0 Å². The van der Waals surface area contributed by atoms with E-state index in [0.717, 1.165) is 22.1 Å². The van der Waals surface area contributed by atoms with Crippen molar-refractivity contribution in [2.24, 2.45) is 0 Å². The molecular weight excluding hydrogens is 550 g/mol. The number of non-ortho nitro benzene ring substituents is 1. The van der Waals surface area contributed by atoms with Gasteiger partial charge in [-0.1, -0.05) is 41.5 Å². The molecule has 0 saturated carbocycles. The van der Waals surface area contributed by atoms with Gasteiger partial charge < -0.3 is 0 Å². The average molecular weight is 580 g/mol. The molecule has 40 heavy (non-hydrogen) atoms. The Kier molecular flexibility index (Phi) is 7.15. The summed E-state index contributed by atoms with van der Waals surface area (Å²) in [6.45, 7) is 5.87. The van der Waals surface area contributed by atoms with Crippen LogP contribution >= 0.6 is 0 Å². The van der Waals surface area contributed by atoms with Crippen molar-refractivity contribution >= 4 is 36.6 Å². The smallest absolute Gasteiger partial charge is 0.258 e. The molecule has 9 nitrogen and oxygen atoms in total. The molecule has 1 aromatic heterocycles. The quantitative estimate of drug-likeness (QED) is 0.156. The first-order valence-electron chi connectivity index (χ1n) is 12.8. The number of nitro groups is 1. The van der Waals surface area contributed by atoms with Gasteiger partial charge in [0.15, 0.2) is 0 Å². The van der Waals surface area contributed by atoms with Crippen LogP contribution in [0.4, 0.5) is 5.69 Å². The van der Waals surface area contributed by atoms with Gasteiger partial charge in [0.05, 0.1) is 26.3 Å². The van der Waals surface area contributed by atoms with Gasteiger partial charge in [-0.25, -0.2) is 20.8 Å². The molecule has 1 aliphatic rings. The van der Waals surface area contributed by atoms with Gasteiger partial charge in [0.2, 0.25) is 10.0 Å². The number of rotatable bonds is 7. The van der Waals surface area contributed by atoms with Gasteiger partial charge in [0, 0.05) is 30.3 Å². The first kappa shape index (κ1) is 27.8. The summed E-state index contributed by atoms with van der Waals surface area (Å²) in [6, 6.07) is 16.3. The van der Waals surface area contributed by atoms with Crippen molar-refractivity contribution in [3.63, 3.8) is 0 Å². The van der Waals surface area contributed by atoms with Gasteiger partial charge in [0.25, 0.3) is 15.7 Å². The minimum Gasteiger partial charge on any atom is -0.258 e. The fraction of sp³-hybridized carbons (Fsp3) is 0.241. The molecule has 0 bridgehead atoms. The van der Waals surface area contributed by atoms with Gasteiger partial charge in [0.1, 0.15) is 0 Å². The van der Waals surface area contributed by atoms with Crippen LogP contribution in [0.1, 0.15) is 43.0 Å². The molecule has 0 unspecified atom stereocenters. The van der Waals surface area contributed by atoms with Crippen molar-refractivity contribution in [1.82, 2.24) is 8.28 Å². The van der Waals surface area contributed by atoms with Crippen molar-refractivity contribution in [2.75, 3.05) is 6.54 Å². The third-order valence-corrected chi connectivity index (χ3v) is 10.8. The van der Waals surface area contributed by atoms with E-state index in [2.05, 4.69) is 0 Å². The lowest BCUT2D eigenvalue weighted by molar-refractivity contribution is -0.384. The first-order chi connectivity index (χ1) is 18.9. The monoisotopic (exact) mass is 579 g/mol. The molecule has 0 amide bonds. The normalized spacial score (nSPS) is 16.0. The third-order valence-electron chi connectivity index (χ3n) is 7.20. The zero-order chi connectivity index (χ0) is 28.8. The topological polar surface area (TPSA) is 120 Å². The maximum Gasteiger partial charge on any atom is 0.269 e. The van der Waals surface area contributed by atoms with Crippen LogP contribution in [0.2, 0.25) is 0 Å². The second-order valence-electron chi connectivity index (χ2n) is 10.2. The van der Waals surface area contributed by atoms with Crippen LogP contribution in [0.15, 0.2) is 94.4 Å². The molecule has 0 N–H and O–H groups in total. The van der Waals surface area contributed by atoms with E-state index in [1.54, 1.807) is 42.6 Å². The van der Waals surface area contributed by atoms with Gasteiger partial charge >= 0.3 is 0 Å². The molecule has 3 aromatic carbocycles. The standard InChI is InChI=1S/C29H29N3O6S2/c1-20(2)7-16-27-26-5-4-6-28-29(26)22(19-31(28)40(37,38)24-12-8-21(3)9-13-24)17-18-30(27)39(35,36)25-14-10-23(11-15-25)32(33)34/h4-15,19,27H,16-18H2,1-3H3/t27-/m1/s1. The van der Waals surface area contributed by atoms with Gasteiger partial charge in [-0.2, -0.15) is 4.31 Å². The molecule has 0 aliphatic carbocycles. The zero-order valence-electron chi connectivity index (χ0n) is 22.3. The van der Waals surface area contributed by atoms with Gasteiger partial charge in [-0.05, 0) is 75.1 Å². The first-order valence-corrected chi connectivity index (χ1v) is 15.6. The Labute approximate surface area is 233 Å². The second kappa shape index (κ2) is 10.3. The highest BCUT2D eigenvalue weighted by molar-refractivity contribution is 7.90. The molecule has 2 heterocycles. The molecule has 0 spiro atoms. The summed E-state index contributed by atoms with van der Waals surface area (Å²) in [4.78, 5) is 10.7. The Balaban J connectivity index is 1.67. The molecule has 11 heteroatoms. The average Bonchev–Trinajstić information content (AvgIpc) is 3.21. The molecule has 1 atom stereocenters. The third kappa shape index (κ3) is 4.85. The fourth-order valence-corrected chi connectivity index (χ4v) is 8.15. The zero-order valence-corrected chi connectivity index (χ0v) is 23.9. The fourth-order valence-electron chi connectivity index (χ4n) is 5.15. The molecular formula is C29H29N3O6S2. The number of aryl methyl sites for hydroxylation is 1. The highest BCUT2D eigenvalue weighted by Gasteiger charge is 2.36. The Hall–Kier alpha value is -3.80. The van der Waals surface area contributed by atoms with Crippen LogP contribution in [0.3, 0.4) is 0 Å². The molecule has 4 aromatic rings. The lowest BCUT2D eigenvalue weighted by Crippen LogP contribution is -2.35. The molecule has 208 valence electrons. The van der Waals surface area contributed by atoms with Crippen LogP contribution in [0.5, 0.6) is 0 Å². The molecule has 0 fully saturated rings. The Morgan fingerprint density at radius 3 is 2.20 bits per heavy atom. The van der Waals surface area contributed by atoms with Crippen LogP contribution < -0.4 is 0 Å². The minimum atomic E-state index is -4.05. The summed E-state index contributed by atoms with van der Waals surface area (Å²) in [5, 5.41) is 11.8. The van der Waals surface area contributed by atoms with Gasteiger partial charge in [-0.3, -0.25) is 10.1 Å². The van der Waals surface area contributed by atoms with Crippen LogP contribution in [0, 0.1) is 17.0 Å². The van der Waals surface area contributed by atoms with E-state index in [1.165, 1.54) is 32.5 Å². The van der Waals surface area contributed by atoms with Crippen LogP contribution in [-0.4, -0.2) is 36.6 Å². The molecule has 0 saturated heterocycles. The minimum absolute atomic E-state index is 0.0360. The van der Waals surface area contributed by atoms with Crippen molar-refractivity contribution < 1.29 is 21.8 Å². The molecule has 1 aliphatic heterocycles. The van der Waals surface area contributed by atoms with Crippen molar-refractivity contribution in [1.29, 1.82) is 0 Å². The predicted molar refractivity (Wildman–Crippen MR) is 153 cm³/mol. The van der Waals surface area contributed by atoms with Crippen molar-refractivity contribution in [3.05, 3.63) is 111 Å². The Morgan fingerprint density at radius 2 is 1.57 bits per heavy atom. The number of aromatic nitrogens is 1. The SMILES string of the molecule is CC(C)=CC[C@@H]1c2cccc3c2c(cn3S(=O)(=O)c2ccc(C)cc2)CCN1S(=O)(=O)c1ccc([N+](=O)[O-])cc1. The van der Waals surface area contributed by atoms with E-state index in [9.17, 15) is 26.9 Å². The highest BCUT2D eigenvalue weighted by Crippen LogP contribution is 2.41. The lowest BCUT2D eigenvalue weighted by Gasteiger charge is -2.30. The summed E-state index contributed by atoms with van der Waals surface area (Å²) >= 11 is 0. The summed E-state index contributed by atoms with van der Waals surface area (Å²) in [5.41, 5.74) is 3.72. The van der Waals surface area contributed by atoms with Crippen molar-refractivity contribution in [2.45, 2.75) is 49.4 Å². The lowest BCUT2D eigenvalue weighted by atomic mass is 9.98. The van der Waals surface area contributed by atoms with E-state index < -0.39 is 31.0 Å². The Bertz CT molecular complexity index is 1850. The highest BCUT2D eigenvalue weighted by atomic mass is 32.2. The maximum absolute atomic E-state index is 13.9. The van der Waals surface area contributed by atoms with E-state index >= 15 is 0 Å². The van der Waals surface area contributed by atoms with E-state index in [-0.39, 0.29) is 22.0 Å². The number of hydrogen-bond acceptors (Lipinski definition) is 6. The number of allylic oxidation sites excluding steroid dienone is 1. The summed E-state index contributed by atoms with van der Waals surface area (Å²) < 4.78 is 58.0. The number of benzene rings is 3.